The molecule has 19 heavy (non-hydrogen) atoms. The molecular weight excluding hydrogens is 242 g/mol. The van der Waals surface area contributed by atoms with Crippen LogP contribution in [0.15, 0.2) is 51.7 Å². The van der Waals surface area contributed by atoms with Crippen LogP contribution in [0, 0.1) is 0 Å². The Kier molecular flexibility index (Phi) is 1.82. The van der Waals surface area contributed by atoms with Crippen LogP contribution in [0.2, 0.25) is 0 Å². The van der Waals surface area contributed by atoms with Gasteiger partial charge >= 0.3 is 5.63 Å². The Hall–Kier alpha value is -2.75. The first kappa shape index (κ1) is 10.2. The van der Waals surface area contributed by atoms with E-state index in [1.807, 2.05) is 18.2 Å². The van der Waals surface area contributed by atoms with Gasteiger partial charge in [-0.3, -0.25) is 0 Å². The summed E-state index contributed by atoms with van der Waals surface area (Å²) >= 11 is 0. The van der Waals surface area contributed by atoms with Gasteiger partial charge in [0.25, 0.3) is 0 Å². The van der Waals surface area contributed by atoms with Gasteiger partial charge in [0.15, 0.2) is 0 Å². The standard InChI is InChI=1S/C15H9NO3/c17-8-5-6-9-11(7-8)16-14-10-3-1-2-4-12(10)19-15(18)13(9)14/h1-7,16-17H. The molecule has 2 aromatic heterocycles. The van der Waals surface area contributed by atoms with Crippen molar-refractivity contribution in [2.45, 2.75) is 0 Å². The Morgan fingerprint density at radius 3 is 2.79 bits per heavy atom. The van der Waals surface area contributed by atoms with Gasteiger partial charge < -0.3 is 14.5 Å². The molecule has 2 heterocycles. The van der Waals surface area contributed by atoms with E-state index in [2.05, 4.69) is 4.98 Å². The molecule has 4 nitrogen and oxygen atoms in total. The summed E-state index contributed by atoms with van der Waals surface area (Å²) in [4.78, 5) is 15.3. The van der Waals surface area contributed by atoms with Gasteiger partial charge in [0.1, 0.15) is 11.3 Å². The van der Waals surface area contributed by atoms with Crippen molar-refractivity contribution in [1.82, 2.24) is 4.98 Å². The van der Waals surface area contributed by atoms with Crippen LogP contribution in [-0.4, -0.2) is 10.1 Å². The average Bonchev–Trinajstić information content (AvgIpc) is 2.78. The predicted molar refractivity (Wildman–Crippen MR) is 73.5 cm³/mol. The van der Waals surface area contributed by atoms with E-state index in [-0.39, 0.29) is 11.4 Å². The molecule has 0 radical (unpaired) electrons. The van der Waals surface area contributed by atoms with E-state index in [0.717, 1.165) is 21.8 Å². The molecule has 0 spiro atoms. The zero-order valence-corrected chi connectivity index (χ0v) is 9.81. The number of rotatable bonds is 0. The van der Waals surface area contributed by atoms with Gasteiger partial charge in [-0.05, 0) is 24.3 Å². The lowest BCUT2D eigenvalue weighted by Gasteiger charge is -1.97. The minimum atomic E-state index is -0.370. The molecule has 92 valence electrons. The second kappa shape index (κ2) is 3.38. The molecule has 4 heteroatoms. The van der Waals surface area contributed by atoms with Gasteiger partial charge in [-0.1, -0.05) is 12.1 Å². The molecule has 4 rings (SSSR count). The fourth-order valence-electron chi connectivity index (χ4n) is 2.51. The molecule has 0 amide bonds. The van der Waals surface area contributed by atoms with E-state index >= 15 is 0 Å². The van der Waals surface area contributed by atoms with Crippen LogP contribution in [-0.2, 0) is 0 Å². The smallest absolute Gasteiger partial charge is 0.346 e. The number of aromatic nitrogens is 1. The van der Waals surface area contributed by atoms with Crippen LogP contribution < -0.4 is 5.63 Å². The van der Waals surface area contributed by atoms with E-state index in [9.17, 15) is 9.90 Å². The summed E-state index contributed by atoms with van der Waals surface area (Å²) in [6.45, 7) is 0. The van der Waals surface area contributed by atoms with Crippen molar-refractivity contribution in [1.29, 1.82) is 0 Å². The zero-order valence-electron chi connectivity index (χ0n) is 9.81. The molecule has 0 bridgehead atoms. The van der Waals surface area contributed by atoms with Crippen LogP contribution in [0.4, 0.5) is 0 Å². The third-order valence-electron chi connectivity index (χ3n) is 3.35. The van der Waals surface area contributed by atoms with Gasteiger partial charge in [-0.25, -0.2) is 4.79 Å². The summed E-state index contributed by atoms with van der Waals surface area (Å²) in [6.07, 6.45) is 0. The minimum Gasteiger partial charge on any atom is -0.508 e. The molecule has 2 aromatic carbocycles. The molecule has 0 unspecified atom stereocenters. The van der Waals surface area contributed by atoms with Crippen molar-refractivity contribution in [3.8, 4) is 5.75 Å². The lowest BCUT2D eigenvalue weighted by Crippen LogP contribution is -1.98. The van der Waals surface area contributed by atoms with E-state index in [4.69, 9.17) is 4.42 Å². The Morgan fingerprint density at radius 2 is 1.89 bits per heavy atom. The van der Waals surface area contributed by atoms with E-state index in [1.54, 1.807) is 24.3 Å². The number of H-pyrrole nitrogens is 1. The number of phenolic OH excluding ortho intramolecular Hbond substituents is 1. The number of phenols is 1. The number of nitrogens with one attached hydrogen (secondary N) is 1. The van der Waals surface area contributed by atoms with Crippen LogP contribution in [0.1, 0.15) is 0 Å². The lowest BCUT2D eigenvalue weighted by molar-refractivity contribution is 0.476. The van der Waals surface area contributed by atoms with Crippen molar-refractivity contribution >= 4 is 32.8 Å². The summed E-state index contributed by atoms with van der Waals surface area (Å²) in [7, 11) is 0. The Bertz CT molecular complexity index is 995. The monoisotopic (exact) mass is 251 g/mol. The molecule has 0 fully saturated rings. The summed E-state index contributed by atoms with van der Waals surface area (Å²) < 4.78 is 5.33. The van der Waals surface area contributed by atoms with Gasteiger partial charge in [0, 0.05) is 16.8 Å². The van der Waals surface area contributed by atoms with Crippen molar-refractivity contribution in [3.63, 3.8) is 0 Å². The average molecular weight is 251 g/mol. The topological polar surface area (TPSA) is 66.2 Å². The highest BCUT2D eigenvalue weighted by Gasteiger charge is 2.13. The maximum atomic E-state index is 12.1. The van der Waals surface area contributed by atoms with Crippen molar-refractivity contribution in [2.75, 3.05) is 0 Å². The molecular formula is C15H9NO3. The molecule has 0 atom stereocenters. The third kappa shape index (κ3) is 1.31. The lowest BCUT2D eigenvalue weighted by atomic mass is 10.1. The van der Waals surface area contributed by atoms with Gasteiger partial charge in [0.05, 0.1) is 16.4 Å². The first-order chi connectivity index (χ1) is 9.24. The summed E-state index contributed by atoms with van der Waals surface area (Å²) in [5.41, 5.74) is 1.65. The number of para-hydroxylation sites is 1. The highest BCUT2D eigenvalue weighted by molar-refractivity contribution is 6.15. The van der Waals surface area contributed by atoms with Gasteiger partial charge in [-0.15, -0.1) is 0 Å². The van der Waals surface area contributed by atoms with Crippen molar-refractivity contribution < 1.29 is 9.52 Å². The first-order valence-corrected chi connectivity index (χ1v) is 5.90. The number of aromatic amines is 1. The summed E-state index contributed by atoms with van der Waals surface area (Å²) in [5.74, 6) is 0.160. The molecule has 4 aromatic rings. The second-order valence-electron chi connectivity index (χ2n) is 4.49. The maximum Gasteiger partial charge on any atom is 0.346 e. The first-order valence-electron chi connectivity index (χ1n) is 5.90. The SMILES string of the molecule is O=c1oc2ccccc2c2[nH]c3cc(O)ccc3c12. The molecule has 0 saturated heterocycles. The van der Waals surface area contributed by atoms with E-state index < -0.39 is 0 Å². The number of hydrogen-bond donors (Lipinski definition) is 2. The Morgan fingerprint density at radius 1 is 1.05 bits per heavy atom. The number of aromatic hydroxyl groups is 1. The fraction of sp³-hybridized carbons (Fsp3) is 0. The molecule has 0 aliphatic carbocycles. The summed E-state index contributed by atoms with van der Waals surface area (Å²) in [6, 6.07) is 12.3. The second-order valence-corrected chi connectivity index (χ2v) is 4.49. The number of benzene rings is 2. The number of hydrogen-bond acceptors (Lipinski definition) is 3. The van der Waals surface area contributed by atoms with Crippen molar-refractivity contribution in [2.24, 2.45) is 0 Å². The van der Waals surface area contributed by atoms with Gasteiger partial charge in [0.2, 0.25) is 0 Å². The normalized spacial score (nSPS) is 11.6. The third-order valence-corrected chi connectivity index (χ3v) is 3.35. The van der Waals surface area contributed by atoms with Gasteiger partial charge in [-0.2, -0.15) is 0 Å². The van der Waals surface area contributed by atoms with Crippen LogP contribution in [0.25, 0.3) is 32.8 Å². The quantitative estimate of drug-likeness (QED) is 0.472. The Labute approximate surface area is 106 Å². The molecule has 2 N–H and O–H groups in total. The molecule has 0 aliphatic heterocycles. The highest BCUT2D eigenvalue weighted by atomic mass is 16.4. The zero-order chi connectivity index (χ0) is 13.0. The fourth-order valence-corrected chi connectivity index (χ4v) is 2.51. The van der Waals surface area contributed by atoms with Crippen LogP contribution in [0.3, 0.4) is 0 Å². The predicted octanol–water partition coefficient (Wildman–Crippen LogP) is 3.13. The van der Waals surface area contributed by atoms with Crippen LogP contribution >= 0.6 is 0 Å². The molecule has 0 saturated carbocycles. The van der Waals surface area contributed by atoms with Crippen molar-refractivity contribution in [3.05, 3.63) is 52.9 Å². The molecule has 0 aliphatic rings. The largest absolute Gasteiger partial charge is 0.508 e. The highest BCUT2D eigenvalue weighted by Crippen LogP contribution is 2.30. The van der Waals surface area contributed by atoms with E-state index in [1.165, 1.54) is 0 Å². The van der Waals surface area contributed by atoms with Crippen LogP contribution in [0.5, 0.6) is 5.75 Å². The number of fused-ring (bicyclic) bond motifs is 5. The summed E-state index contributed by atoms with van der Waals surface area (Å²) in [5, 5.41) is 11.6. The Balaban J connectivity index is 2.37. The van der Waals surface area contributed by atoms with E-state index in [0.29, 0.717) is 11.0 Å². The minimum absolute atomic E-state index is 0.160. The maximum absolute atomic E-state index is 12.1.